The molecule has 3 heteroatoms. The minimum absolute atomic E-state index is 0.716. The lowest BCUT2D eigenvalue weighted by atomic mass is 10.1. The molecule has 0 aliphatic heterocycles. The lowest BCUT2D eigenvalue weighted by Crippen LogP contribution is -1.98. The molecule has 0 fully saturated rings. The van der Waals surface area contributed by atoms with E-state index in [0.717, 1.165) is 29.6 Å². The number of aromatic amines is 1. The van der Waals surface area contributed by atoms with E-state index >= 15 is 0 Å². The number of fused-ring (bicyclic) bond motifs is 1. The molecule has 0 bridgehead atoms. The third kappa shape index (κ3) is 2.49. The van der Waals surface area contributed by atoms with Gasteiger partial charge in [0.05, 0.1) is 0 Å². The van der Waals surface area contributed by atoms with E-state index in [4.69, 9.17) is 0 Å². The molecule has 3 nitrogen and oxygen atoms in total. The Hall–Kier alpha value is -1.77. The first kappa shape index (κ1) is 11.7. The Morgan fingerprint density at radius 3 is 3.12 bits per heavy atom. The zero-order valence-corrected chi connectivity index (χ0v) is 10.0. The van der Waals surface area contributed by atoms with E-state index in [1.165, 1.54) is 18.4 Å². The highest BCUT2D eigenvalue weighted by atomic mass is 16.1. The Kier molecular flexibility index (Phi) is 3.81. The van der Waals surface area contributed by atoms with Gasteiger partial charge in [-0.2, -0.15) is 0 Å². The fraction of sp³-hybridized carbons (Fsp3) is 0.357. The highest BCUT2D eigenvalue weighted by Gasteiger charge is 2.10. The van der Waals surface area contributed by atoms with Gasteiger partial charge in [0.1, 0.15) is 5.82 Å². The van der Waals surface area contributed by atoms with E-state index in [-0.39, 0.29) is 0 Å². The highest BCUT2D eigenvalue weighted by Crippen LogP contribution is 2.27. The van der Waals surface area contributed by atoms with Crippen LogP contribution >= 0.6 is 0 Å². The van der Waals surface area contributed by atoms with Crippen molar-refractivity contribution in [3.05, 3.63) is 29.8 Å². The van der Waals surface area contributed by atoms with Crippen LogP contribution < -0.4 is 5.32 Å². The number of anilines is 1. The smallest absolute Gasteiger partial charge is 0.212 e. The van der Waals surface area contributed by atoms with Crippen LogP contribution in [0.3, 0.4) is 0 Å². The van der Waals surface area contributed by atoms with Crippen molar-refractivity contribution < 1.29 is 4.79 Å². The van der Waals surface area contributed by atoms with Gasteiger partial charge in [0.2, 0.25) is 6.41 Å². The molecule has 1 aromatic carbocycles. The summed E-state index contributed by atoms with van der Waals surface area (Å²) in [5.41, 5.74) is 2.20. The van der Waals surface area contributed by atoms with Crippen molar-refractivity contribution in [2.24, 2.45) is 0 Å². The highest BCUT2D eigenvalue weighted by molar-refractivity contribution is 5.90. The zero-order valence-electron chi connectivity index (χ0n) is 10.0. The van der Waals surface area contributed by atoms with E-state index in [0.29, 0.717) is 6.41 Å². The minimum atomic E-state index is 0.716. The molecular formula is C14H17N2O. The fourth-order valence-corrected chi connectivity index (χ4v) is 2.11. The Labute approximate surface area is 101 Å². The second kappa shape index (κ2) is 5.53. The largest absolute Gasteiger partial charge is 0.341 e. The summed E-state index contributed by atoms with van der Waals surface area (Å²) in [5.74, 6) is 0.813. The van der Waals surface area contributed by atoms with Crippen LogP contribution in [-0.2, 0) is 11.2 Å². The predicted octanol–water partition coefficient (Wildman–Crippen LogP) is 3.27. The second-order valence-corrected chi connectivity index (χ2v) is 4.16. The predicted molar refractivity (Wildman–Crippen MR) is 70.1 cm³/mol. The van der Waals surface area contributed by atoms with Crippen molar-refractivity contribution in [3.8, 4) is 0 Å². The average Bonchev–Trinajstić information content (AvgIpc) is 2.69. The van der Waals surface area contributed by atoms with Crippen LogP contribution in [0.1, 0.15) is 31.7 Å². The molecule has 0 spiro atoms. The molecule has 17 heavy (non-hydrogen) atoms. The summed E-state index contributed by atoms with van der Waals surface area (Å²) >= 11 is 0. The normalized spacial score (nSPS) is 10.6. The van der Waals surface area contributed by atoms with Crippen molar-refractivity contribution in [1.29, 1.82) is 0 Å². The maximum Gasteiger partial charge on any atom is 0.212 e. The van der Waals surface area contributed by atoms with E-state index < -0.39 is 0 Å². The number of aromatic nitrogens is 1. The van der Waals surface area contributed by atoms with Crippen molar-refractivity contribution in [3.63, 3.8) is 0 Å². The van der Waals surface area contributed by atoms with E-state index in [2.05, 4.69) is 23.3 Å². The Morgan fingerprint density at radius 2 is 2.35 bits per heavy atom. The number of unbranched alkanes of at least 4 members (excludes halogenated alkanes) is 2. The third-order valence-corrected chi connectivity index (χ3v) is 2.95. The summed E-state index contributed by atoms with van der Waals surface area (Å²) in [5, 5.41) is 3.83. The number of amides is 1. The summed E-state index contributed by atoms with van der Waals surface area (Å²) in [6.45, 7) is 2.19. The zero-order chi connectivity index (χ0) is 12.1. The van der Waals surface area contributed by atoms with Crippen LogP contribution in [-0.4, -0.2) is 11.4 Å². The van der Waals surface area contributed by atoms with E-state index in [1.807, 2.05) is 18.2 Å². The molecule has 0 aliphatic rings. The molecule has 0 atom stereocenters. The number of hydrogen-bond acceptors (Lipinski definition) is 1. The van der Waals surface area contributed by atoms with E-state index in [1.54, 1.807) is 0 Å². The van der Waals surface area contributed by atoms with Crippen LogP contribution in [0.5, 0.6) is 0 Å². The summed E-state index contributed by atoms with van der Waals surface area (Å²) < 4.78 is 0. The molecular weight excluding hydrogens is 212 g/mol. The van der Waals surface area contributed by atoms with Crippen LogP contribution in [0.15, 0.2) is 18.2 Å². The molecule has 89 valence electrons. The Morgan fingerprint density at radius 1 is 1.47 bits per heavy atom. The van der Waals surface area contributed by atoms with Gasteiger partial charge in [0, 0.05) is 16.5 Å². The molecule has 0 aliphatic carbocycles. The number of carbonyl (C=O) groups is 1. The number of rotatable bonds is 6. The topological polar surface area (TPSA) is 44.9 Å². The first-order valence-electron chi connectivity index (χ1n) is 6.08. The third-order valence-electron chi connectivity index (χ3n) is 2.95. The van der Waals surface area contributed by atoms with Gasteiger partial charge in [-0.15, -0.1) is 0 Å². The summed E-state index contributed by atoms with van der Waals surface area (Å²) in [6, 6.07) is 9.09. The van der Waals surface area contributed by atoms with Gasteiger partial charge in [0.15, 0.2) is 0 Å². The molecule has 0 unspecified atom stereocenters. The monoisotopic (exact) mass is 229 g/mol. The molecule has 1 radical (unpaired) electrons. The standard InChI is InChI=1S/C14H17N2O/c1-2-3-4-8-12-11-7-5-6-9-13(11)16-14(12)15-10-17/h5-6,9-10,16H,2-4,8H2,1H3,(H,15,17). The molecule has 1 aromatic heterocycles. The van der Waals surface area contributed by atoms with Gasteiger partial charge in [-0.05, 0) is 25.0 Å². The van der Waals surface area contributed by atoms with Crippen LogP contribution in [0.25, 0.3) is 10.9 Å². The van der Waals surface area contributed by atoms with Crippen molar-refractivity contribution in [2.45, 2.75) is 32.6 Å². The quantitative estimate of drug-likeness (QED) is 0.579. The van der Waals surface area contributed by atoms with Crippen LogP contribution in [0, 0.1) is 6.07 Å². The number of benzene rings is 1. The van der Waals surface area contributed by atoms with Crippen molar-refractivity contribution >= 4 is 23.1 Å². The van der Waals surface area contributed by atoms with Gasteiger partial charge >= 0.3 is 0 Å². The van der Waals surface area contributed by atoms with Crippen molar-refractivity contribution in [1.82, 2.24) is 4.98 Å². The van der Waals surface area contributed by atoms with Crippen LogP contribution in [0.4, 0.5) is 5.82 Å². The van der Waals surface area contributed by atoms with Gasteiger partial charge in [0.25, 0.3) is 0 Å². The minimum Gasteiger partial charge on any atom is -0.341 e. The summed E-state index contributed by atoms with van der Waals surface area (Å²) in [4.78, 5) is 13.8. The average molecular weight is 229 g/mol. The molecule has 1 heterocycles. The van der Waals surface area contributed by atoms with Crippen molar-refractivity contribution in [2.75, 3.05) is 5.32 Å². The fourth-order valence-electron chi connectivity index (χ4n) is 2.11. The molecule has 2 rings (SSSR count). The van der Waals surface area contributed by atoms with E-state index in [9.17, 15) is 4.79 Å². The Bertz CT molecular complexity index is 502. The Balaban J connectivity index is 2.33. The van der Waals surface area contributed by atoms with Gasteiger partial charge in [-0.25, -0.2) is 0 Å². The number of hydrogen-bond donors (Lipinski definition) is 2. The molecule has 2 aromatic rings. The van der Waals surface area contributed by atoms with Gasteiger partial charge in [-0.3, -0.25) is 4.79 Å². The number of H-pyrrole nitrogens is 1. The van der Waals surface area contributed by atoms with Gasteiger partial charge < -0.3 is 10.3 Å². The molecule has 0 saturated carbocycles. The molecule has 2 N–H and O–H groups in total. The lowest BCUT2D eigenvalue weighted by molar-refractivity contribution is -0.105. The number of aryl methyl sites for hydroxylation is 1. The summed E-state index contributed by atoms with van der Waals surface area (Å²) in [7, 11) is 0. The number of carbonyl (C=O) groups excluding carboxylic acids is 1. The molecule has 1 amide bonds. The van der Waals surface area contributed by atoms with Crippen LogP contribution in [0.2, 0.25) is 0 Å². The maximum absolute atomic E-state index is 10.6. The summed E-state index contributed by atoms with van der Waals surface area (Å²) in [6.07, 6.45) is 5.24. The lowest BCUT2D eigenvalue weighted by Gasteiger charge is -2.02. The second-order valence-electron chi connectivity index (χ2n) is 4.16. The first-order valence-corrected chi connectivity index (χ1v) is 6.08. The first-order chi connectivity index (χ1) is 8.36. The maximum atomic E-state index is 10.6. The SMILES string of the molecule is CCCCCc1c(NC=O)[nH]c2ccc[c]c12. The van der Waals surface area contributed by atoms with Gasteiger partial charge in [-0.1, -0.05) is 31.9 Å². The number of nitrogens with one attached hydrogen (secondary N) is 2. The molecule has 0 saturated heterocycles.